The molecule has 1 aliphatic heterocycles. The maximum Gasteiger partial charge on any atom is 0.273 e. The molecule has 1 aromatic heterocycles. The standard InChI is InChI=1S/C30H31N3O4/c1-4-36-24-16-13-22(19-25(24)37-5-2)29-26-27(21-9-7-6-8-10-21)31-32-28(26)30(34)33(29)18-17-20-11-14-23(35-3)15-12-20/h6-16,19,29H,4-5,17-18H2,1-3H3,(H,31,32). The van der Waals surface area contributed by atoms with E-state index in [1.807, 2.05) is 91.5 Å². The van der Waals surface area contributed by atoms with Crippen LogP contribution in [0.3, 0.4) is 0 Å². The molecule has 0 saturated carbocycles. The smallest absolute Gasteiger partial charge is 0.273 e. The molecule has 190 valence electrons. The minimum atomic E-state index is -0.315. The zero-order valence-electron chi connectivity index (χ0n) is 21.4. The Kier molecular flexibility index (Phi) is 7.12. The summed E-state index contributed by atoms with van der Waals surface area (Å²) in [5, 5.41) is 7.60. The van der Waals surface area contributed by atoms with Crippen molar-refractivity contribution in [2.45, 2.75) is 26.3 Å². The van der Waals surface area contributed by atoms with Gasteiger partial charge in [0.2, 0.25) is 0 Å². The van der Waals surface area contributed by atoms with Gasteiger partial charge in [-0.2, -0.15) is 5.10 Å². The van der Waals surface area contributed by atoms with Crippen LogP contribution in [0.4, 0.5) is 0 Å². The number of fused-ring (bicyclic) bond motifs is 1. The largest absolute Gasteiger partial charge is 0.497 e. The van der Waals surface area contributed by atoms with Crippen LogP contribution >= 0.6 is 0 Å². The Hall–Kier alpha value is -4.26. The third kappa shape index (κ3) is 4.77. The first-order valence-electron chi connectivity index (χ1n) is 12.6. The number of carbonyl (C=O) groups excluding carboxylic acids is 1. The van der Waals surface area contributed by atoms with Gasteiger partial charge in [0.25, 0.3) is 5.91 Å². The lowest BCUT2D eigenvalue weighted by Crippen LogP contribution is -2.31. The lowest BCUT2D eigenvalue weighted by atomic mass is 9.95. The molecule has 5 rings (SSSR count). The highest BCUT2D eigenvalue weighted by Gasteiger charge is 2.42. The molecule has 3 aromatic carbocycles. The van der Waals surface area contributed by atoms with Crippen molar-refractivity contribution in [3.05, 3.63) is 95.2 Å². The summed E-state index contributed by atoms with van der Waals surface area (Å²) in [6.45, 7) is 5.50. The van der Waals surface area contributed by atoms with E-state index in [1.165, 1.54) is 0 Å². The van der Waals surface area contributed by atoms with Crippen molar-refractivity contribution >= 4 is 5.91 Å². The number of amides is 1. The lowest BCUT2D eigenvalue weighted by Gasteiger charge is -2.27. The molecule has 0 radical (unpaired) electrons. The summed E-state index contributed by atoms with van der Waals surface area (Å²) in [5.41, 5.74) is 5.25. The van der Waals surface area contributed by atoms with E-state index >= 15 is 0 Å². The molecule has 0 aliphatic carbocycles. The van der Waals surface area contributed by atoms with Gasteiger partial charge >= 0.3 is 0 Å². The predicted molar refractivity (Wildman–Crippen MR) is 142 cm³/mol. The highest BCUT2D eigenvalue weighted by atomic mass is 16.5. The quantitative estimate of drug-likeness (QED) is 0.305. The lowest BCUT2D eigenvalue weighted by molar-refractivity contribution is 0.0745. The molecular formula is C30H31N3O4. The van der Waals surface area contributed by atoms with Gasteiger partial charge in [-0.05, 0) is 55.7 Å². The number of nitrogens with zero attached hydrogens (tertiary/aromatic N) is 2. The van der Waals surface area contributed by atoms with Gasteiger partial charge in [0, 0.05) is 17.7 Å². The molecule has 4 aromatic rings. The van der Waals surface area contributed by atoms with Crippen molar-refractivity contribution in [1.29, 1.82) is 0 Å². The Morgan fingerprint density at radius 3 is 2.35 bits per heavy atom. The maximum atomic E-state index is 13.7. The highest BCUT2D eigenvalue weighted by molar-refractivity contribution is 6.00. The Morgan fingerprint density at radius 1 is 0.919 bits per heavy atom. The zero-order chi connectivity index (χ0) is 25.8. The average Bonchev–Trinajstić information content (AvgIpc) is 3.48. The van der Waals surface area contributed by atoms with Gasteiger partial charge < -0.3 is 19.1 Å². The molecule has 0 bridgehead atoms. The van der Waals surface area contributed by atoms with Crippen molar-refractivity contribution in [3.63, 3.8) is 0 Å². The van der Waals surface area contributed by atoms with E-state index in [2.05, 4.69) is 10.2 Å². The third-order valence-corrected chi connectivity index (χ3v) is 6.59. The van der Waals surface area contributed by atoms with Gasteiger partial charge in [0.05, 0.1) is 32.1 Å². The number of aromatic amines is 1. The number of ether oxygens (including phenoxy) is 3. The molecular weight excluding hydrogens is 466 g/mol. The van der Waals surface area contributed by atoms with Gasteiger partial charge in [0.15, 0.2) is 11.5 Å². The van der Waals surface area contributed by atoms with Crippen LogP contribution in [-0.4, -0.2) is 47.9 Å². The summed E-state index contributed by atoms with van der Waals surface area (Å²) in [5.74, 6) is 2.11. The van der Waals surface area contributed by atoms with Gasteiger partial charge in [0.1, 0.15) is 11.4 Å². The fourth-order valence-corrected chi connectivity index (χ4v) is 4.87. The van der Waals surface area contributed by atoms with Gasteiger partial charge in [-0.1, -0.05) is 48.5 Å². The van der Waals surface area contributed by atoms with Crippen LogP contribution in [0.5, 0.6) is 17.2 Å². The number of hydrogen-bond donors (Lipinski definition) is 1. The molecule has 2 heterocycles. The predicted octanol–water partition coefficient (Wildman–Crippen LogP) is 5.67. The Bertz CT molecular complexity index is 1370. The summed E-state index contributed by atoms with van der Waals surface area (Å²) in [4.78, 5) is 15.6. The first-order chi connectivity index (χ1) is 18.1. The summed E-state index contributed by atoms with van der Waals surface area (Å²) in [6.07, 6.45) is 0.708. The van der Waals surface area contributed by atoms with E-state index in [1.54, 1.807) is 7.11 Å². The van der Waals surface area contributed by atoms with Gasteiger partial charge in [-0.3, -0.25) is 9.89 Å². The molecule has 0 spiro atoms. The van der Waals surface area contributed by atoms with E-state index in [-0.39, 0.29) is 11.9 Å². The molecule has 1 atom stereocenters. The van der Waals surface area contributed by atoms with E-state index in [0.29, 0.717) is 43.4 Å². The van der Waals surface area contributed by atoms with Crippen LogP contribution in [0.1, 0.15) is 47.1 Å². The van der Waals surface area contributed by atoms with Crippen LogP contribution in [0, 0.1) is 0 Å². The second-order valence-electron chi connectivity index (χ2n) is 8.80. The molecule has 7 nitrogen and oxygen atoms in total. The monoisotopic (exact) mass is 497 g/mol. The van der Waals surface area contributed by atoms with E-state index in [9.17, 15) is 4.79 Å². The number of hydrogen-bond acceptors (Lipinski definition) is 5. The molecule has 1 N–H and O–H groups in total. The molecule has 1 amide bonds. The molecule has 0 saturated heterocycles. The molecule has 1 unspecified atom stereocenters. The summed E-state index contributed by atoms with van der Waals surface area (Å²) >= 11 is 0. The van der Waals surface area contributed by atoms with Gasteiger partial charge in [-0.25, -0.2) is 0 Å². The van der Waals surface area contributed by atoms with E-state index < -0.39 is 0 Å². The van der Waals surface area contributed by atoms with Crippen molar-refractivity contribution < 1.29 is 19.0 Å². The number of H-pyrrole nitrogens is 1. The average molecular weight is 498 g/mol. The minimum absolute atomic E-state index is 0.0602. The number of rotatable bonds is 10. The summed E-state index contributed by atoms with van der Waals surface area (Å²) in [6, 6.07) is 23.5. The number of methoxy groups -OCH3 is 1. The number of benzene rings is 3. The van der Waals surface area contributed by atoms with Crippen LogP contribution in [0.25, 0.3) is 11.3 Å². The van der Waals surface area contributed by atoms with Gasteiger partial charge in [-0.15, -0.1) is 0 Å². The van der Waals surface area contributed by atoms with E-state index in [0.717, 1.165) is 33.7 Å². The fraction of sp³-hybridized carbons (Fsp3) is 0.267. The zero-order valence-corrected chi connectivity index (χ0v) is 21.4. The number of nitrogens with one attached hydrogen (secondary N) is 1. The first kappa shape index (κ1) is 24.4. The number of carbonyl (C=O) groups is 1. The van der Waals surface area contributed by atoms with Crippen LogP contribution in [0.2, 0.25) is 0 Å². The first-order valence-corrected chi connectivity index (χ1v) is 12.6. The molecule has 7 heteroatoms. The van der Waals surface area contributed by atoms with Crippen LogP contribution in [0.15, 0.2) is 72.8 Å². The number of aromatic nitrogens is 2. The van der Waals surface area contributed by atoms with Crippen molar-refractivity contribution in [2.75, 3.05) is 26.9 Å². The third-order valence-electron chi connectivity index (χ3n) is 6.59. The SMILES string of the molecule is CCOc1ccc(C2c3c(-c4ccccc4)n[nH]c3C(=O)N2CCc2ccc(OC)cc2)cc1OCC. The van der Waals surface area contributed by atoms with Crippen LogP contribution < -0.4 is 14.2 Å². The Labute approximate surface area is 217 Å². The second kappa shape index (κ2) is 10.8. The second-order valence-corrected chi connectivity index (χ2v) is 8.80. The minimum Gasteiger partial charge on any atom is -0.497 e. The molecule has 0 fully saturated rings. The van der Waals surface area contributed by atoms with Crippen molar-refractivity contribution in [1.82, 2.24) is 15.1 Å². The Morgan fingerprint density at radius 2 is 1.65 bits per heavy atom. The van der Waals surface area contributed by atoms with Crippen molar-refractivity contribution in [3.8, 4) is 28.5 Å². The maximum absolute atomic E-state index is 13.7. The van der Waals surface area contributed by atoms with E-state index in [4.69, 9.17) is 14.2 Å². The van der Waals surface area contributed by atoms with Crippen LogP contribution in [-0.2, 0) is 6.42 Å². The summed E-state index contributed by atoms with van der Waals surface area (Å²) < 4.78 is 17.0. The normalized spacial score (nSPS) is 14.5. The molecule has 37 heavy (non-hydrogen) atoms. The molecule has 1 aliphatic rings. The van der Waals surface area contributed by atoms with Crippen molar-refractivity contribution in [2.24, 2.45) is 0 Å². The Balaban J connectivity index is 1.56. The summed E-state index contributed by atoms with van der Waals surface area (Å²) in [7, 11) is 1.65. The topological polar surface area (TPSA) is 76.7 Å². The highest BCUT2D eigenvalue weighted by Crippen LogP contribution is 2.44. The fourth-order valence-electron chi connectivity index (χ4n) is 4.87.